The largest absolute Gasteiger partial charge is 0.455 e. The van der Waals surface area contributed by atoms with E-state index >= 15 is 0 Å². The van der Waals surface area contributed by atoms with Crippen LogP contribution in [-0.2, 0) is 19.3 Å². The molecule has 3 aromatic rings. The quantitative estimate of drug-likeness (QED) is 0.583. The van der Waals surface area contributed by atoms with Gasteiger partial charge >= 0.3 is 0 Å². The first kappa shape index (κ1) is 16.5. The van der Waals surface area contributed by atoms with Gasteiger partial charge in [0.05, 0.1) is 12.3 Å². The van der Waals surface area contributed by atoms with Gasteiger partial charge in [0.15, 0.2) is 10.9 Å². The second kappa shape index (κ2) is 7.09. The van der Waals surface area contributed by atoms with E-state index in [0.29, 0.717) is 24.1 Å². The zero-order valence-electron chi connectivity index (χ0n) is 13.9. The van der Waals surface area contributed by atoms with Crippen LogP contribution in [0.3, 0.4) is 0 Å². The molecule has 25 heavy (non-hydrogen) atoms. The first-order chi connectivity index (χ1) is 12.2. The van der Waals surface area contributed by atoms with Gasteiger partial charge in [-0.15, -0.1) is 11.3 Å². The molecule has 0 spiro atoms. The van der Waals surface area contributed by atoms with Crippen molar-refractivity contribution < 1.29 is 9.21 Å². The van der Waals surface area contributed by atoms with Crippen LogP contribution in [0, 0.1) is 0 Å². The van der Waals surface area contributed by atoms with Crippen molar-refractivity contribution in [2.45, 2.75) is 36.3 Å². The van der Waals surface area contributed by atoms with Crippen LogP contribution in [-0.4, -0.2) is 26.4 Å². The number of carbonyl (C=O) groups excluding carboxylic acids is 1. The smallest absolute Gasteiger partial charge is 0.290 e. The standard InChI is InChI=1S/C18H19N3O2S2/c1-20-9-8-19-18(20)25-12-14-6-7-16(23-14)17(22)21(13-4-5-13)11-15-3-2-10-24-15/h2-3,6-10,13H,4-5,11-12H2,1H3. The summed E-state index contributed by atoms with van der Waals surface area (Å²) in [6, 6.07) is 8.13. The summed E-state index contributed by atoms with van der Waals surface area (Å²) in [5, 5.41) is 2.98. The molecule has 130 valence electrons. The molecule has 1 saturated carbocycles. The molecule has 3 aromatic heterocycles. The topological polar surface area (TPSA) is 51.3 Å². The molecule has 3 heterocycles. The molecule has 0 radical (unpaired) electrons. The van der Waals surface area contributed by atoms with Crippen LogP contribution in [0.4, 0.5) is 0 Å². The molecule has 0 saturated heterocycles. The van der Waals surface area contributed by atoms with Crippen molar-refractivity contribution in [3.8, 4) is 0 Å². The Morgan fingerprint density at radius 3 is 3.00 bits per heavy atom. The summed E-state index contributed by atoms with van der Waals surface area (Å²) in [7, 11) is 1.96. The SMILES string of the molecule is Cn1ccnc1SCc1ccc(C(=O)N(Cc2cccs2)C2CC2)o1. The van der Waals surface area contributed by atoms with Gasteiger partial charge < -0.3 is 13.9 Å². The van der Waals surface area contributed by atoms with Crippen molar-refractivity contribution in [1.82, 2.24) is 14.5 Å². The normalized spacial score (nSPS) is 14.0. The number of rotatable bonds is 7. The molecule has 0 N–H and O–H groups in total. The summed E-state index contributed by atoms with van der Waals surface area (Å²) in [5.41, 5.74) is 0. The molecule has 0 atom stereocenters. The van der Waals surface area contributed by atoms with E-state index in [4.69, 9.17) is 4.42 Å². The summed E-state index contributed by atoms with van der Waals surface area (Å²) in [5.74, 6) is 1.87. The Balaban J connectivity index is 1.43. The number of thiophene rings is 1. The van der Waals surface area contributed by atoms with Crippen LogP contribution in [0.5, 0.6) is 0 Å². The third-order valence-electron chi connectivity index (χ3n) is 4.15. The third kappa shape index (κ3) is 3.82. The van der Waals surface area contributed by atoms with Gasteiger partial charge in [-0.3, -0.25) is 4.79 Å². The second-order valence-electron chi connectivity index (χ2n) is 6.12. The molecule has 1 amide bonds. The van der Waals surface area contributed by atoms with Crippen molar-refractivity contribution in [3.63, 3.8) is 0 Å². The summed E-state index contributed by atoms with van der Waals surface area (Å²) < 4.78 is 7.78. The molecule has 7 heteroatoms. The van der Waals surface area contributed by atoms with E-state index < -0.39 is 0 Å². The molecule has 1 fully saturated rings. The maximum Gasteiger partial charge on any atom is 0.290 e. The van der Waals surface area contributed by atoms with Crippen molar-refractivity contribution in [2.24, 2.45) is 7.05 Å². The van der Waals surface area contributed by atoms with Gasteiger partial charge in [-0.25, -0.2) is 4.98 Å². The van der Waals surface area contributed by atoms with Crippen LogP contribution >= 0.6 is 23.1 Å². The minimum Gasteiger partial charge on any atom is -0.455 e. The molecule has 5 nitrogen and oxygen atoms in total. The van der Waals surface area contributed by atoms with Gasteiger partial charge in [0, 0.05) is 30.4 Å². The molecule has 0 aromatic carbocycles. The molecule has 0 unspecified atom stereocenters. The first-order valence-corrected chi connectivity index (χ1v) is 10.1. The molecule has 4 rings (SSSR count). The van der Waals surface area contributed by atoms with Crippen LogP contribution in [0.2, 0.25) is 0 Å². The van der Waals surface area contributed by atoms with Crippen LogP contribution in [0.1, 0.15) is 34.0 Å². The van der Waals surface area contributed by atoms with E-state index in [2.05, 4.69) is 11.1 Å². The van der Waals surface area contributed by atoms with E-state index in [1.54, 1.807) is 35.4 Å². The number of hydrogen-bond donors (Lipinski definition) is 0. The number of aromatic nitrogens is 2. The fourth-order valence-electron chi connectivity index (χ4n) is 2.66. The summed E-state index contributed by atoms with van der Waals surface area (Å²) in [4.78, 5) is 20.3. The second-order valence-corrected chi connectivity index (χ2v) is 8.09. The van der Waals surface area contributed by atoms with Gasteiger partial charge in [-0.2, -0.15) is 0 Å². The number of nitrogens with zero attached hydrogens (tertiary/aromatic N) is 3. The molecule has 1 aliphatic carbocycles. The summed E-state index contributed by atoms with van der Waals surface area (Å²) in [6.45, 7) is 0.666. The Hall–Kier alpha value is -1.99. The number of amides is 1. The van der Waals surface area contributed by atoms with E-state index in [1.807, 2.05) is 40.2 Å². The summed E-state index contributed by atoms with van der Waals surface area (Å²) >= 11 is 3.28. The molecular formula is C18H19N3O2S2. The van der Waals surface area contributed by atoms with Gasteiger partial charge in [0.1, 0.15) is 5.76 Å². The lowest BCUT2D eigenvalue weighted by Gasteiger charge is -2.20. The predicted octanol–water partition coefficient (Wildman–Crippen LogP) is 4.17. The predicted molar refractivity (Wildman–Crippen MR) is 98.7 cm³/mol. The Kier molecular flexibility index (Phi) is 4.67. The van der Waals surface area contributed by atoms with Crippen LogP contribution in [0.25, 0.3) is 0 Å². The Morgan fingerprint density at radius 2 is 2.32 bits per heavy atom. The zero-order chi connectivity index (χ0) is 17.2. The van der Waals surface area contributed by atoms with E-state index in [-0.39, 0.29) is 5.91 Å². The van der Waals surface area contributed by atoms with Crippen molar-refractivity contribution in [1.29, 1.82) is 0 Å². The lowest BCUT2D eigenvalue weighted by Crippen LogP contribution is -2.32. The van der Waals surface area contributed by atoms with Crippen molar-refractivity contribution in [3.05, 3.63) is 58.4 Å². The van der Waals surface area contributed by atoms with E-state index in [9.17, 15) is 4.79 Å². The Morgan fingerprint density at radius 1 is 1.44 bits per heavy atom. The highest BCUT2D eigenvalue weighted by Gasteiger charge is 2.34. The Bertz CT molecular complexity index is 849. The highest BCUT2D eigenvalue weighted by molar-refractivity contribution is 7.98. The van der Waals surface area contributed by atoms with Crippen molar-refractivity contribution in [2.75, 3.05) is 0 Å². The lowest BCUT2D eigenvalue weighted by molar-refractivity contribution is 0.0697. The van der Waals surface area contributed by atoms with E-state index in [1.165, 1.54) is 4.88 Å². The van der Waals surface area contributed by atoms with Crippen LogP contribution in [0.15, 0.2) is 51.6 Å². The molecule has 0 bridgehead atoms. The molecular weight excluding hydrogens is 354 g/mol. The van der Waals surface area contributed by atoms with Gasteiger partial charge in [0.25, 0.3) is 5.91 Å². The third-order valence-corrected chi connectivity index (χ3v) is 6.09. The average molecular weight is 374 g/mol. The zero-order valence-corrected chi connectivity index (χ0v) is 15.6. The first-order valence-electron chi connectivity index (χ1n) is 8.23. The van der Waals surface area contributed by atoms with Gasteiger partial charge in [0.2, 0.25) is 0 Å². The maximum absolute atomic E-state index is 12.9. The maximum atomic E-state index is 12.9. The number of furan rings is 1. The minimum atomic E-state index is -0.0101. The van der Waals surface area contributed by atoms with Gasteiger partial charge in [-0.1, -0.05) is 17.8 Å². The monoisotopic (exact) mass is 373 g/mol. The number of carbonyl (C=O) groups is 1. The highest BCUT2D eigenvalue weighted by atomic mass is 32.2. The number of hydrogen-bond acceptors (Lipinski definition) is 5. The number of thioether (sulfide) groups is 1. The Labute approximate surface area is 154 Å². The minimum absolute atomic E-state index is 0.0101. The van der Waals surface area contributed by atoms with Gasteiger partial charge in [-0.05, 0) is 36.4 Å². The lowest BCUT2D eigenvalue weighted by atomic mass is 10.3. The molecule has 0 aliphatic heterocycles. The number of imidazole rings is 1. The van der Waals surface area contributed by atoms with Crippen molar-refractivity contribution >= 4 is 29.0 Å². The van der Waals surface area contributed by atoms with Crippen LogP contribution < -0.4 is 0 Å². The average Bonchev–Trinajstić information content (AvgIpc) is 3.02. The fourth-order valence-corrected chi connectivity index (χ4v) is 4.19. The highest BCUT2D eigenvalue weighted by Crippen LogP contribution is 2.31. The number of aryl methyl sites for hydroxylation is 1. The fraction of sp³-hybridized carbons (Fsp3) is 0.333. The summed E-state index contributed by atoms with van der Waals surface area (Å²) in [6.07, 6.45) is 5.86. The molecule has 1 aliphatic rings. The van der Waals surface area contributed by atoms with E-state index in [0.717, 1.165) is 23.8 Å².